The third-order valence-corrected chi connectivity index (χ3v) is 4.27. The lowest BCUT2D eigenvalue weighted by molar-refractivity contribution is 0.0926. The fraction of sp³-hybridized carbons (Fsp3) is 0.611. The maximum atomic E-state index is 12.7. The van der Waals surface area contributed by atoms with E-state index in [4.69, 9.17) is 0 Å². The minimum absolute atomic E-state index is 0.0154. The van der Waals surface area contributed by atoms with E-state index in [1.165, 1.54) is 12.0 Å². The molecule has 0 spiro atoms. The normalized spacial score (nSPS) is 19.9. The van der Waals surface area contributed by atoms with Crippen molar-refractivity contribution in [2.75, 3.05) is 6.54 Å². The lowest BCUT2D eigenvalue weighted by atomic mass is 9.82. The minimum atomic E-state index is 0.0154. The van der Waals surface area contributed by atoms with Gasteiger partial charge in [-0.25, -0.2) is 0 Å². The van der Waals surface area contributed by atoms with Gasteiger partial charge in [0.2, 0.25) is 0 Å². The first-order valence-electron chi connectivity index (χ1n) is 7.70. The van der Waals surface area contributed by atoms with Gasteiger partial charge in [-0.05, 0) is 55.3 Å². The molecule has 0 saturated carbocycles. The zero-order chi connectivity index (χ0) is 14.9. The molecule has 20 heavy (non-hydrogen) atoms. The Morgan fingerprint density at radius 2 is 1.75 bits per heavy atom. The zero-order valence-corrected chi connectivity index (χ0v) is 13.5. The molecule has 2 heteroatoms. The van der Waals surface area contributed by atoms with Crippen molar-refractivity contribution < 1.29 is 4.79 Å². The van der Waals surface area contributed by atoms with Crippen LogP contribution in [0.2, 0.25) is 0 Å². The van der Waals surface area contributed by atoms with Gasteiger partial charge < -0.3 is 5.32 Å². The molecular formula is C18H27NO. The van der Waals surface area contributed by atoms with E-state index < -0.39 is 0 Å². The van der Waals surface area contributed by atoms with E-state index in [9.17, 15) is 4.79 Å². The van der Waals surface area contributed by atoms with Crippen LogP contribution >= 0.6 is 0 Å². The lowest BCUT2D eigenvalue weighted by Gasteiger charge is -2.26. The van der Waals surface area contributed by atoms with E-state index in [1.54, 1.807) is 0 Å². The molecule has 0 aliphatic carbocycles. The summed E-state index contributed by atoms with van der Waals surface area (Å²) in [5, 5.41) is 3.37. The van der Waals surface area contributed by atoms with Gasteiger partial charge in [0.1, 0.15) is 0 Å². The van der Waals surface area contributed by atoms with Gasteiger partial charge in [-0.15, -0.1) is 0 Å². The number of hydrogen-bond acceptors (Lipinski definition) is 2. The molecule has 1 fully saturated rings. The number of Topliss-reactive ketones (excluding diaryl/α,β-unsaturated/α-hetero) is 1. The van der Waals surface area contributed by atoms with Crippen molar-refractivity contribution in [3.63, 3.8) is 0 Å². The second-order valence-corrected chi connectivity index (χ2v) is 7.10. The highest BCUT2D eigenvalue weighted by Crippen LogP contribution is 2.28. The second-order valence-electron chi connectivity index (χ2n) is 7.10. The van der Waals surface area contributed by atoms with Gasteiger partial charge in [0.15, 0.2) is 5.78 Å². The van der Waals surface area contributed by atoms with E-state index in [2.05, 4.69) is 52.1 Å². The van der Waals surface area contributed by atoms with Crippen LogP contribution in [0.1, 0.15) is 67.1 Å². The van der Waals surface area contributed by atoms with E-state index in [0.29, 0.717) is 0 Å². The van der Waals surface area contributed by atoms with Gasteiger partial charge >= 0.3 is 0 Å². The Balaban J connectivity index is 2.35. The van der Waals surface area contributed by atoms with Crippen molar-refractivity contribution in [1.82, 2.24) is 5.32 Å². The molecule has 1 aliphatic rings. The highest BCUT2D eigenvalue weighted by molar-refractivity contribution is 6.02. The molecule has 1 atom stereocenters. The number of hydrogen-bond donors (Lipinski definition) is 1. The highest BCUT2D eigenvalue weighted by atomic mass is 16.1. The number of nitrogens with one attached hydrogen (secondary N) is 1. The van der Waals surface area contributed by atoms with Crippen molar-refractivity contribution in [2.24, 2.45) is 0 Å². The Bertz CT molecular complexity index is 482. The molecule has 0 amide bonds. The van der Waals surface area contributed by atoms with Crippen molar-refractivity contribution in [3.05, 3.63) is 34.4 Å². The average molecular weight is 273 g/mol. The fourth-order valence-corrected chi connectivity index (χ4v) is 3.04. The number of carbonyl (C=O) groups excluding carboxylic acids is 1. The topological polar surface area (TPSA) is 29.1 Å². The summed E-state index contributed by atoms with van der Waals surface area (Å²) >= 11 is 0. The van der Waals surface area contributed by atoms with Gasteiger partial charge in [0.05, 0.1) is 6.04 Å². The highest BCUT2D eigenvalue weighted by Gasteiger charge is 2.25. The number of ketones is 1. The molecule has 2 nitrogen and oxygen atoms in total. The molecule has 2 rings (SSSR count). The quantitative estimate of drug-likeness (QED) is 0.827. The van der Waals surface area contributed by atoms with Gasteiger partial charge in [0, 0.05) is 5.56 Å². The van der Waals surface area contributed by atoms with Gasteiger partial charge in [0.25, 0.3) is 0 Å². The molecule has 110 valence electrons. The molecular weight excluding hydrogens is 246 g/mol. The van der Waals surface area contributed by atoms with Crippen LogP contribution in [0.15, 0.2) is 12.1 Å². The van der Waals surface area contributed by atoms with Crippen LogP contribution in [-0.2, 0) is 5.41 Å². The molecule has 0 radical (unpaired) electrons. The first-order chi connectivity index (χ1) is 9.30. The van der Waals surface area contributed by atoms with Crippen molar-refractivity contribution in [3.8, 4) is 0 Å². The molecule has 1 aliphatic heterocycles. The summed E-state index contributed by atoms with van der Waals surface area (Å²) < 4.78 is 0. The van der Waals surface area contributed by atoms with Gasteiger partial charge in [-0.2, -0.15) is 0 Å². The third-order valence-electron chi connectivity index (χ3n) is 4.27. The largest absolute Gasteiger partial charge is 0.307 e. The van der Waals surface area contributed by atoms with E-state index >= 15 is 0 Å². The summed E-state index contributed by atoms with van der Waals surface area (Å²) in [6, 6.07) is 4.38. The van der Waals surface area contributed by atoms with E-state index in [1.807, 2.05) is 0 Å². The Morgan fingerprint density at radius 3 is 2.20 bits per heavy atom. The van der Waals surface area contributed by atoms with Crippen LogP contribution in [-0.4, -0.2) is 18.4 Å². The molecule has 0 bridgehead atoms. The van der Waals surface area contributed by atoms with Crippen LogP contribution in [0.4, 0.5) is 0 Å². The van der Waals surface area contributed by atoms with Crippen LogP contribution in [0.5, 0.6) is 0 Å². The Kier molecular flexibility index (Phi) is 4.33. The number of aryl methyl sites for hydroxylation is 2. The molecule has 1 saturated heterocycles. The van der Waals surface area contributed by atoms with Crippen molar-refractivity contribution in [1.29, 1.82) is 0 Å². The van der Waals surface area contributed by atoms with Crippen LogP contribution in [0.25, 0.3) is 0 Å². The van der Waals surface area contributed by atoms with Crippen molar-refractivity contribution >= 4 is 5.78 Å². The first-order valence-corrected chi connectivity index (χ1v) is 7.70. The average Bonchev–Trinajstić information content (AvgIpc) is 2.37. The summed E-state index contributed by atoms with van der Waals surface area (Å²) in [7, 11) is 0. The number of piperidine rings is 1. The van der Waals surface area contributed by atoms with Crippen LogP contribution in [0.3, 0.4) is 0 Å². The Hall–Kier alpha value is -1.15. The first kappa shape index (κ1) is 15.2. The SMILES string of the molecule is Cc1cc(C(C)(C)C)cc(C)c1C(=O)C1CCCCN1. The Labute approximate surface area is 123 Å². The molecule has 1 aromatic rings. The standard InChI is InChI=1S/C18H27NO/c1-12-10-14(18(3,4)5)11-13(2)16(12)17(20)15-8-6-7-9-19-15/h10-11,15,19H,6-9H2,1-5H3. The second kappa shape index (κ2) is 5.69. The summed E-state index contributed by atoms with van der Waals surface area (Å²) in [5.41, 5.74) is 4.60. The predicted molar refractivity (Wildman–Crippen MR) is 84.6 cm³/mol. The maximum absolute atomic E-state index is 12.7. The Morgan fingerprint density at radius 1 is 1.15 bits per heavy atom. The molecule has 1 unspecified atom stereocenters. The van der Waals surface area contributed by atoms with E-state index in [0.717, 1.165) is 36.1 Å². The number of benzene rings is 1. The number of rotatable bonds is 2. The lowest BCUT2D eigenvalue weighted by Crippen LogP contribution is -2.41. The third kappa shape index (κ3) is 3.12. The zero-order valence-electron chi connectivity index (χ0n) is 13.5. The molecule has 0 aromatic heterocycles. The minimum Gasteiger partial charge on any atom is -0.307 e. The van der Waals surface area contributed by atoms with Gasteiger partial charge in [-0.1, -0.05) is 39.3 Å². The summed E-state index contributed by atoms with van der Waals surface area (Å²) in [6.07, 6.45) is 3.31. The molecule has 1 N–H and O–H groups in total. The summed E-state index contributed by atoms with van der Waals surface area (Å²) in [6.45, 7) is 11.7. The van der Waals surface area contributed by atoms with Crippen LogP contribution < -0.4 is 5.32 Å². The van der Waals surface area contributed by atoms with E-state index in [-0.39, 0.29) is 17.2 Å². The predicted octanol–water partition coefficient (Wildman–Crippen LogP) is 3.93. The van der Waals surface area contributed by atoms with Gasteiger partial charge in [-0.3, -0.25) is 4.79 Å². The molecule has 1 heterocycles. The monoisotopic (exact) mass is 273 g/mol. The summed E-state index contributed by atoms with van der Waals surface area (Å²) in [4.78, 5) is 12.7. The number of carbonyl (C=O) groups is 1. The fourth-order valence-electron chi connectivity index (χ4n) is 3.04. The molecule has 1 aromatic carbocycles. The maximum Gasteiger partial charge on any atom is 0.180 e. The van der Waals surface area contributed by atoms with Crippen molar-refractivity contribution in [2.45, 2.75) is 65.3 Å². The smallest absolute Gasteiger partial charge is 0.180 e. The van der Waals surface area contributed by atoms with Crippen LogP contribution in [0, 0.1) is 13.8 Å². The summed E-state index contributed by atoms with van der Waals surface area (Å²) in [5.74, 6) is 0.278.